The van der Waals surface area contributed by atoms with Crippen molar-refractivity contribution in [2.75, 3.05) is 20.1 Å². The van der Waals surface area contributed by atoms with Crippen LogP contribution < -0.4 is 5.32 Å². The van der Waals surface area contributed by atoms with Crippen LogP contribution in [0.1, 0.15) is 16.8 Å². The number of amides is 1. The average molecular weight is 318 g/mol. The van der Waals surface area contributed by atoms with Gasteiger partial charge in [-0.2, -0.15) is 0 Å². The first-order chi connectivity index (χ1) is 8.11. The van der Waals surface area contributed by atoms with Crippen LogP contribution in [0, 0.1) is 0 Å². The minimum absolute atomic E-state index is 0.0141. The highest BCUT2D eigenvalue weighted by Crippen LogP contribution is 2.24. The largest absolute Gasteiger partial charge is 0.337 e. The summed E-state index contributed by atoms with van der Waals surface area (Å²) in [4.78, 5) is 14.1. The normalized spacial score (nSPS) is 19.7. The summed E-state index contributed by atoms with van der Waals surface area (Å²) >= 11 is 9.41. The van der Waals surface area contributed by atoms with Gasteiger partial charge in [0.05, 0.1) is 10.6 Å². The van der Waals surface area contributed by atoms with Gasteiger partial charge in [-0.15, -0.1) is 0 Å². The van der Waals surface area contributed by atoms with Crippen LogP contribution in [0.5, 0.6) is 0 Å². The first kappa shape index (κ1) is 12.9. The molecule has 0 spiro atoms. The Hall–Kier alpha value is -0.580. The molecule has 1 N–H and O–H groups in total. The second-order valence-corrected chi connectivity index (χ2v) is 5.47. The molecule has 3 nitrogen and oxygen atoms in total. The van der Waals surface area contributed by atoms with E-state index in [0.717, 1.165) is 24.0 Å². The SMILES string of the molecule is CNC1CCN(C(=O)c2ccc(Br)cc2Cl)C1. The Morgan fingerprint density at radius 1 is 1.59 bits per heavy atom. The van der Waals surface area contributed by atoms with E-state index in [1.54, 1.807) is 12.1 Å². The first-order valence-electron chi connectivity index (χ1n) is 5.53. The molecule has 0 aliphatic carbocycles. The molecule has 1 amide bonds. The lowest BCUT2D eigenvalue weighted by molar-refractivity contribution is 0.0790. The lowest BCUT2D eigenvalue weighted by Gasteiger charge is -2.17. The van der Waals surface area contributed by atoms with E-state index in [1.165, 1.54) is 0 Å². The Morgan fingerprint density at radius 3 is 2.94 bits per heavy atom. The molecule has 0 saturated carbocycles. The Morgan fingerprint density at radius 2 is 2.35 bits per heavy atom. The molecule has 1 fully saturated rings. The van der Waals surface area contributed by atoms with Crippen LogP contribution in [0.3, 0.4) is 0 Å². The van der Waals surface area contributed by atoms with E-state index in [-0.39, 0.29) is 5.91 Å². The van der Waals surface area contributed by atoms with Crippen molar-refractivity contribution < 1.29 is 4.79 Å². The van der Waals surface area contributed by atoms with Gasteiger partial charge in [-0.25, -0.2) is 0 Å². The molecule has 5 heteroatoms. The minimum Gasteiger partial charge on any atom is -0.337 e. The van der Waals surface area contributed by atoms with Crippen LogP contribution in [0.25, 0.3) is 0 Å². The fourth-order valence-electron chi connectivity index (χ4n) is 2.01. The molecule has 2 rings (SSSR count). The van der Waals surface area contributed by atoms with E-state index in [9.17, 15) is 4.79 Å². The van der Waals surface area contributed by atoms with E-state index in [0.29, 0.717) is 16.6 Å². The number of carbonyl (C=O) groups excluding carboxylic acids is 1. The second kappa shape index (κ2) is 5.38. The smallest absolute Gasteiger partial charge is 0.255 e. The number of benzene rings is 1. The Balaban J connectivity index is 2.15. The standard InChI is InChI=1S/C12H14BrClN2O/c1-15-9-4-5-16(7-9)12(17)10-3-2-8(13)6-11(10)14/h2-3,6,9,15H,4-5,7H2,1H3. The van der Waals surface area contributed by atoms with Crippen LogP contribution in [0.2, 0.25) is 5.02 Å². The minimum atomic E-state index is 0.0141. The zero-order chi connectivity index (χ0) is 12.4. The van der Waals surface area contributed by atoms with Crippen LogP contribution in [-0.4, -0.2) is 37.0 Å². The number of rotatable bonds is 2. The second-order valence-electron chi connectivity index (χ2n) is 4.15. The molecule has 1 heterocycles. The van der Waals surface area contributed by atoms with Crippen molar-refractivity contribution >= 4 is 33.4 Å². The maximum atomic E-state index is 12.2. The Kier molecular flexibility index (Phi) is 4.07. The van der Waals surface area contributed by atoms with Gasteiger partial charge in [-0.05, 0) is 31.7 Å². The van der Waals surface area contributed by atoms with Crippen molar-refractivity contribution in [3.63, 3.8) is 0 Å². The van der Waals surface area contributed by atoms with Crippen molar-refractivity contribution in [3.8, 4) is 0 Å². The van der Waals surface area contributed by atoms with E-state index in [4.69, 9.17) is 11.6 Å². The van der Waals surface area contributed by atoms with E-state index >= 15 is 0 Å². The summed E-state index contributed by atoms with van der Waals surface area (Å²) in [7, 11) is 1.92. The van der Waals surface area contributed by atoms with Crippen molar-refractivity contribution in [2.24, 2.45) is 0 Å². The fraction of sp³-hybridized carbons (Fsp3) is 0.417. The summed E-state index contributed by atoms with van der Waals surface area (Å²) in [5.41, 5.74) is 0.576. The van der Waals surface area contributed by atoms with Crippen LogP contribution >= 0.6 is 27.5 Å². The van der Waals surface area contributed by atoms with Gasteiger partial charge in [0.15, 0.2) is 0 Å². The van der Waals surface area contributed by atoms with Gasteiger partial charge < -0.3 is 10.2 Å². The molecule has 0 radical (unpaired) electrons. The molecule has 1 aliphatic rings. The quantitative estimate of drug-likeness (QED) is 0.909. The maximum absolute atomic E-state index is 12.2. The van der Waals surface area contributed by atoms with E-state index in [1.807, 2.05) is 18.0 Å². The molecule has 1 unspecified atom stereocenters. The van der Waals surface area contributed by atoms with Crippen molar-refractivity contribution in [1.82, 2.24) is 10.2 Å². The number of nitrogens with zero attached hydrogens (tertiary/aromatic N) is 1. The number of hydrogen-bond acceptors (Lipinski definition) is 2. The van der Waals surface area contributed by atoms with Crippen LogP contribution in [-0.2, 0) is 0 Å². The zero-order valence-corrected chi connectivity index (χ0v) is 11.9. The van der Waals surface area contributed by atoms with Gasteiger partial charge in [0.25, 0.3) is 5.91 Å². The van der Waals surface area contributed by atoms with Crippen molar-refractivity contribution in [2.45, 2.75) is 12.5 Å². The molecule has 1 aromatic carbocycles. The molecule has 0 bridgehead atoms. The summed E-state index contributed by atoms with van der Waals surface area (Å²) in [6, 6.07) is 5.75. The lowest BCUT2D eigenvalue weighted by Crippen LogP contribution is -2.33. The lowest BCUT2D eigenvalue weighted by atomic mass is 10.2. The third kappa shape index (κ3) is 2.81. The fourth-order valence-corrected chi connectivity index (χ4v) is 2.77. The molecule has 0 aromatic heterocycles. The van der Waals surface area contributed by atoms with Crippen LogP contribution in [0.15, 0.2) is 22.7 Å². The van der Waals surface area contributed by atoms with E-state index < -0.39 is 0 Å². The zero-order valence-electron chi connectivity index (χ0n) is 9.54. The summed E-state index contributed by atoms with van der Waals surface area (Å²) in [6.07, 6.45) is 0.996. The topological polar surface area (TPSA) is 32.3 Å². The first-order valence-corrected chi connectivity index (χ1v) is 6.70. The predicted molar refractivity (Wildman–Crippen MR) is 72.5 cm³/mol. The average Bonchev–Trinajstić information content (AvgIpc) is 2.76. The number of carbonyl (C=O) groups is 1. The summed E-state index contributed by atoms with van der Waals surface area (Å²) in [5, 5.41) is 3.69. The third-order valence-corrected chi connectivity index (χ3v) is 3.85. The molecule has 17 heavy (non-hydrogen) atoms. The predicted octanol–water partition coefficient (Wildman–Crippen LogP) is 2.54. The van der Waals surface area contributed by atoms with Gasteiger partial charge in [-0.3, -0.25) is 4.79 Å². The summed E-state index contributed by atoms with van der Waals surface area (Å²) in [6.45, 7) is 1.54. The van der Waals surface area contributed by atoms with Gasteiger partial charge in [0, 0.05) is 23.6 Å². The van der Waals surface area contributed by atoms with Gasteiger partial charge in [0.2, 0.25) is 0 Å². The van der Waals surface area contributed by atoms with Crippen molar-refractivity contribution in [3.05, 3.63) is 33.3 Å². The molecule has 1 aliphatic heterocycles. The molecular formula is C12H14BrClN2O. The van der Waals surface area contributed by atoms with Crippen LogP contribution in [0.4, 0.5) is 0 Å². The van der Waals surface area contributed by atoms with Gasteiger partial charge >= 0.3 is 0 Å². The van der Waals surface area contributed by atoms with Gasteiger partial charge in [-0.1, -0.05) is 27.5 Å². The van der Waals surface area contributed by atoms with Crippen molar-refractivity contribution in [1.29, 1.82) is 0 Å². The summed E-state index contributed by atoms with van der Waals surface area (Å²) < 4.78 is 0.883. The highest BCUT2D eigenvalue weighted by atomic mass is 79.9. The molecule has 1 saturated heterocycles. The molecule has 92 valence electrons. The highest BCUT2D eigenvalue weighted by molar-refractivity contribution is 9.10. The number of likely N-dealkylation sites (N-methyl/N-ethyl adjacent to an activating group) is 1. The van der Waals surface area contributed by atoms with Gasteiger partial charge in [0.1, 0.15) is 0 Å². The number of halogens is 2. The summed E-state index contributed by atoms with van der Waals surface area (Å²) in [5.74, 6) is 0.0141. The highest BCUT2D eigenvalue weighted by Gasteiger charge is 2.26. The van der Waals surface area contributed by atoms with E-state index in [2.05, 4.69) is 21.2 Å². The Labute approximate surface area is 114 Å². The molecule has 1 aromatic rings. The number of likely N-dealkylation sites (tertiary alicyclic amines) is 1. The molecular weight excluding hydrogens is 304 g/mol. The third-order valence-electron chi connectivity index (χ3n) is 3.05. The molecule has 1 atom stereocenters. The number of hydrogen-bond donors (Lipinski definition) is 1. The monoisotopic (exact) mass is 316 g/mol. The Bertz CT molecular complexity index is 439. The maximum Gasteiger partial charge on any atom is 0.255 e. The number of nitrogens with one attached hydrogen (secondary N) is 1.